The third kappa shape index (κ3) is 2.00. The Balaban J connectivity index is 3.38. The van der Waals surface area contributed by atoms with Crippen molar-refractivity contribution in [3.8, 4) is 0 Å². The minimum absolute atomic E-state index is 0.185. The summed E-state index contributed by atoms with van der Waals surface area (Å²) < 4.78 is 37.8. The Morgan fingerprint density at radius 3 is 2.14 bits per heavy atom. The Kier molecular flexibility index (Phi) is 2.73. The van der Waals surface area contributed by atoms with Gasteiger partial charge in [0.1, 0.15) is 0 Å². The summed E-state index contributed by atoms with van der Waals surface area (Å²) in [7, 11) is 0. The molecule has 0 radical (unpaired) electrons. The van der Waals surface area contributed by atoms with E-state index in [0.717, 1.165) is 0 Å². The Hall–Kier alpha value is -1.19. The van der Waals surface area contributed by atoms with Gasteiger partial charge in [-0.05, 0) is 17.5 Å². The average Bonchev–Trinajstić information content (AvgIpc) is 2.01. The van der Waals surface area contributed by atoms with Crippen LogP contribution >= 0.6 is 0 Å². The van der Waals surface area contributed by atoms with E-state index < -0.39 is 11.7 Å². The van der Waals surface area contributed by atoms with Gasteiger partial charge in [-0.3, -0.25) is 0 Å². The number of nitrogens with two attached hydrogens (primary N) is 1. The Morgan fingerprint density at radius 1 is 1.21 bits per heavy atom. The molecule has 14 heavy (non-hydrogen) atoms. The van der Waals surface area contributed by atoms with E-state index in [-0.39, 0.29) is 17.2 Å². The molecule has 0 aliphatic rings. The number of nitrogen functional groups attached to an aromatic ring is 1. The summed E-state index contributed by atoms with van der Waals surface area (Å²) in [5.74, 6) is -0.185. The molecular weight excluding hydrogens is 191 g/mol. The van der Waals surface area contributed by atoms with Gasteiger partial charge in [0.25, 0.3) is 0 Å². The molecule has 1 rings (SSSR count). The van der Waals surface area contributed by atoms with Crippen LogP contribution < -0.4 is 5.73 Å². The lowest BCUT2D eigenvalue weighted by Gasteiger charge is -2.17. The second kappa shape index (κ2) is 3.52. The maximum absolute atomic E-state index is 12.6. The highest BCUT2D eigenvalue weighted by Gasteiger charge is 2.35. The summed E-state index contributed by atoms with van der Waals surface area (Å²) in [5.41, 5.74) is 4.67. The van der Waals surface area contributed by atoms with Gasteiger partial charge in [-0.15, -0.1) is 0 Å². The monoisotopic (exact) mass is 203 g/mol. The quantitative estimate of drug-likeness (QED) is 0.695. The number of benzene rings is 1. The number of halogens is 3. The highest BCUT2D eigenvalue weighted by molar-refractivity contribution is 5.53. The SMILES string of the molecule is CC(C)c1cccc(N)c1C(F)(F)F. The smallest absolute Gasteiger partial charge is 0.398 e. The molecule has 0 heterocycles. The van der Waals surface area contributed by atoms with E-state index in [0.29, 0.717) is 0 Å². The number of anilines is 1. The van der Waals surface area contributed by atoms with Crippen LogP contribution in [0, 0.1) is 0 Å². The van der Waals surface area contributed by atoms with E-state index in [1.807, 2.05) is 0 Å². The van der Waals surface area contributed by atoms with E-state index in [1.54, 1.807) is 19.9 Å². The van der Waals surface area contributed by atoms with Crippen LogP contribution in [0.5, 0.6) is 0 Å². The first-order valence-corrected chi connectivity index (χ1v) is 4.29. The van der Waals surface area contributed by atoms with Gasteiger partial charge in [-0.2, -0.15) is 13.2 Å². The van der Waals surface area contributed by atoms with Gasteiger partial charge < -0.3 is 5.73 Å². The highest BCUT2D eigenvalue weighted by Crippen LogP contribution is 2.38. The molecule has 1 nitrogen and oxygen atoms in total. The third-order valence-electron chi connectivity index (χ3n) is 2.03. The van der Waals surface area contributed by atoms with Gasteiger partial charge in [0, 0.05) is 5.69 Å². The zero-order valence-corrected chi connectivity index (χ0v) is 8.02. The molecule has 0 fully saturated rings. The zero-order chi connectivity index (χ0) is 10.9. The Labute approximate surface area is 80.7 Å². The molecule has 0 amide bonds. The lowest BCUT2D eigenvalue weighted by Crippen LogP contribution is -2.13. The predicted molar refractivity (Wildman–Crippen MR) is 49.9 cm³/mol. The minimum atomic E-state index is -4.37. The van der Waals surface area contributed by atoms with Crippen molar-refractivity contribution < 1.29 is 13.2 Å². The summed E-state index contributed by atoms with van der Waals surface area (Å²) in [6.45, 7) is 3.42. The molecule has 0 unspecified atom stereocenters. The fraction of sp³-hybridized carbons (Fsp3) is 0.400. The topological polar surface area (TPSA) is 26.0 Å². The maximum atomic E-state index is 12.6. The summed E-state index contributed by atoms with van der Waals surface area (Å²) in [5, 5.41) is 0. The van der Waals surface area contributed by atoms with Crippen molar-refractivity contribution in [1.29, 1.82) is 0 Å². The van der Waals surface area contributed by atoms with Crippen LogP contribution in [0.1, 0.15) is 30.9 Å². The van der Waals surface area contributed by atoms with Gasteiger partial charge in [0.05, 0.1) is 5.56 Å². The van der Waals surface area contributed by atoms with E-state index in [4.69, 9.17) is 5.73 Å². The van der Waals surface area contributed by atoms with Crippen LogP contribution in [0.25, 0.3) is 0 Å². The van der Waals surface area contributed by atoms with Crippen molar-refractivity contribution in [2.45, 2.75) is 25.9 Å². The predicted octanol–water partition coefficient (Wildman–Crippen LogP) is 3.41. The molecule has 0 aliphatic heterocycles. The molecule has 0 aliphatic carbocycles. The van der Waals surface area contributed by atoms with Crippen LogP contribution in [0.4, 0.5) is 18.9 Å². The van der Waals surface area contributed by atoms with Gasteiger partial charge in [0.2, 0.25) is 0 Å². The van der Waals surface area contributed by atoms with E-state index in [1.165, 1.54) is 12.1 Å². The molecule has 0 saturated carbocycles. The molecule has 1 aromatic carbocycles. The van der Waals surface area contributed by atoms with Crippen LogP contribution in [0.2, 0.25) is 0 Å². The summed E-state index contributed by atoms with van der Waals surface area (Å²) in [4.78, 5) is 0. The lowest BCUT2D eigenvalue weighted by molar-refractivity contribution is -0.137. The van der Waals surface area contributed by atoms with Gasteiger partial charge in [0.15, 0.2) is 0 Å². The second-order valence-corrected chi connectivity index (χ2v) is 3.46. The Bertz CT molecular complexity index is 329. The summed E-state index contributed by atoms with van der Waals surface area (Å²) in [6.07, 6.45) is -4.37. The van der Waals surface area contributed by atoms with Gasteiger partial charge >= 0.3 is 6.18 Å². The van der Waals surface area contributed by atoms with Crippen molar-refractivity contribution in [3.63, 3.8) is 0 Å². The first-order valence-electron chi connectivity index (χ1n) is 4.29. The molecule has 0 bridgehead atoms. The standard InChI is InChI=1S/C10H12F3N/c1-6(2)7-4-3-5-8(14)9(7)10(11,12)13/h3-6H,14H2,1-2H3. The van der Waals surface area contributed by atoms with Crippen molar-refractivity contribution in [2.75, 3.05) is 5.73 Å². The third-order valence-corrected chi connectivity index (χ3v) is 2.03. The fourth-order valence-electron chi connectivity index (χ4n) is 1.40. The second-order valence-electron chi connectivity index (χ2n) is 3.46. The zero-order valence-electron chi connectivity index (χ0n) is 8.02. The number of hydrogen-bond donors (Lipinski definition) is 1. The van der Waals surface area contributed by atoms with Crippen molar-refractivity contribution >= 4 is 5.69 Å². The Morgan fingerprint density at radius 2 is 1.79 bits per heavy atom. The van der Waals surface area contributed by atoms with Gasteiger partial charge in [-0.1, -0.05) is 26.0 Å². The van der Waals surface area contributed by atoms with Crippen LogP contribution in [0.15, 0.2) is 18.2 Å². The number of hydrogen-bond acceptors (Lipinski definition) is 1. The summed E-state index contributed by atoms with van der Waals surface area (Å²) in [6, 6.07) is 4.28. The lowest BCUT2D eigenvalue weighted by atomic mass is 9.95. The summed E-state index contributed by atoms with van der Waals surface area (Å²) >= 11 is 0. The first kappa shape index (κ1) is 10.9. The highest BCUT2D eigenvalue weighted by atomic mass is 19.4. The molecule has 4 heteroatoms. The van der Waals surface area contributed by atoms with Crippen molar-refractivity contribution in [2.24, 2.45) is 0 Å². The molecular formula is C10H12F3N. The van der Waals surface area contributed by atoms with E-state index >= 15 is 0 Å². The van der Waals surface area contributed by atoms with E-state index in [2.05, 4.69) is 0 Å². The molecule has 0 atom stereocenters. The molecule has 78 valence electrons. The molecule has 0 aromatic heterocycles. The average molecular weight is 203 g/mol. The van der Waals surface area contributed by atoms with Crippen molar-refractivity contribution in [3.05, 3.63) is 29.3 Å². The molecule has 0 spiro atoms. The first-order chi connectivity index (χ1) is 6.34. The van der Waals surface area contributed by atoms with Gasteiger partial charge in [-0.25, -0.2) is 0 Å². The molecule has 2 N–H and O–H groups in total. The minimum Gasteiger partial charge on any atom is -0.398 e. The largest absolute Gasteiger partial charge is 0.418 e. The van der Waals surface area contributed by atoms with Crippen LogP contribution in [-0.2, 0) is 6.18 Å². The number of rotatable bonds is 1. The van der Waals surface area contributed by atoms with Crippen LogP contribution in [-0.4, -0.2) is 0 Å². The van der Waals surface area contributed by atoms with Crippen LogP contribution in [0.3, 0.4) is 0 Å². The van der Waals surface area contributed by atoms with Crippen molar-refractivity contribution in [1.82, 2.24) is 0 Å². The maximum Gasteiger partial charge on any atom is 0.418 e. The normalized spacial score (nSPS) is 12.1. The molecule has 1 aromatic rings. The molecule has 0 saturated heterocycles. The fourth-order valence-corrected chi connectivity index (χ4v) is 1.40. The number of alkyl halides is 3. The van der Waals surface area contributed by atoms with E-state index in [9.17, 15) is 13.2 Å².